The van der Waals surface area contributed by atoms with Crippen LogP contribution in [0.15, 0.2) is 0 Å². The summed E-state index contributed by atoms with van der Waals surface area (Å²) in [4.78, 5) is 10.4. The van der Waals surface area contributed by atoms with Crippen molar-refractivity contribution in [3.63, 3.8) is 0 Å². The van der Waals surface area contributed by atoms with Gasteiger partial charge < -0.3 is 13.1 Å². The molecule has 1 amide bonds. The second kappa shape index (κ2) is 5.80. The minimum atomic E-state index is -2.47. The summed E-state index contributed by atoms with van der Waals surface area (Å²) < 4.78 is 21.3. The van der Waals surface area contributed by atoms with Gasteiger partial charge >= 0.3 is 0 Å². The fourth-order valence-electron chi connectivity index (χ4n) is 0.200. The minimum Gasteiger partial charge on any atom is -0.403 e. The van der Waals surface area contributed by atoms with Crippen LogP contribution in [-0.2, 0) is 43.6 Å². The fraction of sp³-hybridized carbons (Fsp3) is 0.750. The molecule has 0 unspecified atom stereocenters. The van der Waals surface area contributed by atoms with Crippen LogP contribution >= 0.6 is 0 Å². The van der Waals surface area contributed by atoms with Crippen molar-refractivity contribution in [1.82, 2.24) is 4.72 Å². The third kappa shape index (κ3) is 6.17. The molecule has 0 saturated heterocycles. The summed E-state index contributed by atoms with van der Waals surface area (Å²) >= 11 is 0. The van der Waals surface area contributed by atoms with Crippen LogP contribution in [0, 0.1) is 5.92 Å². The van der Waals surface area contributed by atoms with E-state index in [1.54, 1.807) is 18.6 Å². The van der Waals surface area contributed by atoms with E-state index in [4.69, 9.17) is 0 Å². The Hall–Kier alpha value is 0.0434. The summed E-state index contributed by atoms with van der Waals surface area (Å²) in [7, 11) is -2.47. The number of carbonyl (C=O) groups is 1. The largest absolute Gasteiger partial charge is 0.403 e. The van der Waals surface area contributed by atoms with Crippen LogP contribution in [0.25, 0.3) is 0 Å². The molecule has 0 aromatic carbocycles. The summed E-state index contributed by atoms with van der Waals surface area (Å²) in [6, 6.07) is 0. The molecule has 6 heteroatoms. The number of rotatable bonds is 2. The summed E-state index contributed by atoms with van der Waals surface area (Å²) in [5.74, 6) is -0.772. The van der Waals surface area contributed by atoms with Crippen molar-refractivity contribution in [1.29, 1.82) is 0 Å². The Morgan fingerprint density at radius 2 is 1.80 bits per heavy atom. The Kier molecular flexibility index (Phi) is 7.36. The van der Waals surface area contributed by atoms with Gasteiger partial charge in [-0.25, -0.2) is 0 Å². The van der Waals surface area contributed by atoms with Crippen molar-refractivity contribution in [3.8, 4) is 0 Å². The van der Waals surface area contributed by atoms with Crippen molar-refractivity contribution in [2.75, 3.05) is 0 Å². The molecule has 0 aliphatic heterocycles. The molecule has 0 spiro atoms. The first-order valence-electron chi connectivity index (χ1n) is 2.43. The first-order chi connectivity index (χ1) is 4.04. The van der Waals surface area contributed by atoms with Crippen LogP contribution in [0.2, 0.25) is 0 Å². The Morgan fingerprint density at radius 1 is 1.40 bits per heavy atom. The molecular formula is C4H8NO3RhS-. The van der Waals surface area contributed by atoms with E-state index in [1.807, 2.05) is 0 Å². The maximum absolute atomic E-state index is 10.4. The second-order valence-corrected chi connectivity index (χ2v) is 2.53. The zero-order chi connectivity index (χ0) is 7.44. The molecule has 1 radical (unpaired) electrons. The molecule has 0 bridgehead atoms. The number of hydrogen-bond acceptors (Lipinski definition) is 4. The van der Waals surface area contributed by atoms with Gasteiger partial charge in [-0.1, -0.05) is 13.8 Å². The van der Waals surface area contributed by atoms with Crippen LogP contribution in [0.4, 0.5) is 0 Å². The second-order valence-electron chi connectivity index (χ2n) is 1.86. The monoisotopic (exact) mass is 253 g/mol. The zero-order valence-electron chi connectivity index (χ0n) is 5.54. The molecule has 63 valence electrons. The van der Waals surface area contributed by atoms with Gasteiger partial charge in [0, 0.05) is 36.3 Å². The number of hydrogen-bond donors (Lipinski definition) is 1. The SMILES string of the molecule is CC(C)C(=O)N[S-](=O)=O.[Rh]. The molecule has 0 heterocycles. The molecule has 1 N–H and O–H groups in total. The zero-order valence-corrected chi connectivity index (χ0v) is 8.00. The molecule has 0 saturated carbocycles. The molecule has 0 aliphatic rings. The van der Waals surface area contributed by atoms with Gasteiger partial charge in [-0.15, -0.1) is 0 Å². The number of carbonyl (C=O) groups excluding carboxylic acids is 1. The van der Waals surface area contributed by atoms with E-state index < -0.39 is 16.8 Å². The third-order valence-corrected chi connectivity index (χ3v) is 1.08. The normalized spacial score (nSPS) is 9.20. The van der Waals surface area contributed by atoms with E-state index in [1.165, 1.54) is 0 Å². The van der Waals surface area contributed by atoms with Gasteiger partial charge in [-0.3, -0.25) is 4.79 Å². The topological polar surface area (TPSA) is 63.2 Å². The predicted octanol–water partition coefficient (Wildman–Crippen LogP) is -0.0196. The molecule has 0 aliphatic carbocycles. The minimum absolute atomic E-state index is 0. The van der Waals surface area contributed by atoms with Crippen molar-refractivity contribution >= 4 is 16.8 Å². The van der Waals surface area contributed by atoms with Gasteiger partial charge in [0.25, 0.3) is 0 Å². The molecule has 10 heavy (non-hydrogen) atoms. The van der Waals surface area contributed by atoms with Gasteiger partial charge in [-0.05, 0) is 0 Å². The molecular weight excluding hydrogens is 245 g/mol. The van der Waals surface area contributed by atoms with E-state index in [0.717, 1.165) is 0 Å². The number of amides is 1. The van der Waals surface area contributed by atoms with Crippen molar-refractivity contribution < 1.29 is 32.7 Å². The maximum Gasteiger partial charge on any atom is 0.207 e. The summed E-state index contributed by atoms with van der Waals surface area (Å²) in [6.07, 6.45) is 0. The van der Waals surface area contributed by atoms with Crippen molar-refractivity contribution in [2.24, 2.45) is 5.92 Å². The third-order valence-electron chi connectivity index (χ3n) is 0.708. The summed E-state index contributed by atoms with van der Waals surface area (Å²) in [6.45, 7) is 3.23. The Labute approximate surface area is 74.2 Å². The Bertz CT molecular complexity index is 169. The smallest absolute Gasteiger partial charge is 0.207 e. The van der Waals surface area contributed by atoms with E-state index in [-0.39, 0.29) is 25.4 Å². The van der Waals surface area contributed by atoms with Gasteiger partial charge in [0.2, 0.25) is 5.91 Å². The van der Waals surface area contributed by atoms with Crippen LogP contribution in [0.5, 0.6) is 0 Å². The molecule has 0 rings (SSSR count). The molecule has 0 atom stereocenters. The average molecular weight is 253 g/mol. The first-order valence-corrected chi connectivity index (χ1v) is 3.51. The molecule has 4 nitrogen and oxygen atoms in total. The van der Waals surface area contributed by atoms with E-state index in [2.05, 4.69) is 0 Å². The van der Waals surface area contributed by atoms with E-state index in [9.17, 15) is 13.2 Å². The van der Waals surface area contributed by atoms with Gasteiger partial charge in [-0.2, -0.15) is 0 Å². The average Bonchev–Trinajstić information content (AvgIpc) is 1.63. The van der Waals surface area contributed by atoms with Crippen LogP contribution < -0.4 is 4.72 Å². The van der Waals surface area contributed by atoms with Crippen LogP contribution in [-0.4, -0.2) is 5.91 Å². The van der Waals surface area contributed by atoms with E-state index in [0.29, 0.717) is 0 Å². The number of nitrogens with one attached hydrogen (secondary N) is 1. The van der Waals surface area contributed by atoms with Gasteiger partial charge in [0.05, 0.1) is 0 Å². The Balaban J connectivity index is 0. The van der Waals surface area contributed by atoms with Crippen LogP contribution in [0.1, 0.15) is 13.8 Å². The van der Waals surface area contributed by atoms with Crippen LogP contribution in [0.3, 0.4) is 0 Å². The predicted molar refractivity (Wildman–Crippen MR) is 31.7 cm³/mol. The Morgan fingerprint density at radius 3 is 1.90 bits per heavy atom. The summed E-state index contributed by atoms with van der Waals surface area (Å²) in [5, 5.41) is 0. The van der Waals surface area contributed by atoms with Gasteiger partial charge in [0.15, 0.2) is 0 Å². The van der Waals surface area contributed by atoms with Gasteiger partial charge in [0.1, 0.15) is 0 Å². The summed E-state index contributed by atoms with van der Waals surface area (Å²) in [5.41, 5.74) is 0. The molecule has 0 aromatic rings. The van der Waals surface area contributed by atoms with Crippen molar-refractivity contribution in [2.45, 2.75) is 13.8 Å². The molecule has 0 fully saturated rings. The first kappa shape index (κ1) is 12.7. The molecule has 0 aromatic heterocycles. The van der Waals surface area contributed by atoms with E-state index >= 15 is 0 Å². The maximum atomic E-state index is 10.4. The quantitative estimate of drug-likeness (QED) is 0.555. The standard InChI is InChI=1S/C4H8NO3S.Rh/c1-3(2)4(6)5-9(7)8;/h3H,1-2H3,(H,5,6,7,8);/q-1;. The van der Waals surface area contributed by atoms with Crippen molar-refractivity contribution in [3.05, 3.63) is 0 Å². The fourth-order valence-corrected chi connectivity index (χ4v) is 0.600.